The van der Waals surface area contributed by atoms with Gasteiger partial charge in [-0.05, 0) is 50.5 Å². The molecule has 0 saturated heterocycles. The summed E-state index contributed by atoms with van der Waals surface area (Å²) in [5.41, 5.74) is 1.55. The summed E-state index contributed by atoms with van der Waals surface area (Å²) in [4.78, 5) is 27.9. The third-order valence-corrected chi connectivity index (χ3v) is 6.13. The third-order valence-electron chi connectivity index (χ3n) is 4.58. The van der Waals surface area contributed by atoms with E-state index >= 15 is 0 Å². The van der Waals surface area contributed by atoms with E-state index in [2.05, 4.69) is 5.32 Å². The minimum absolute atomic E-state index is 0.0742. The van der Waals surface area contributed by atoms with E-state index in [4.69, 9.17) is 23.2 Å². The van der Waals surface area contributed by atoms with Gasteiger partial charge in [0.25, 0.3) is 0 Å². The lowest BCUT2D eigenvalue weighted by molar-refractivity contribution is -0.140. The van der Waals surface area contributed by atoms with E-state index in [1.807, 2.05) is 64.1 Å². The third kappa shape index (κ3) is 8.40. The zero-order valence-corrected chi connectivity index (χ0v) is 20.8. The number of halogens is 2. The fraction of sp³-hybridized carbons (Fsp3) is 0.417. The molecule has 2 aromatic rings. The highest BCUT2D eigenvalue weighted by Gasteiger charge is 2.30. The minimum Gasteiger partial charge on any atom is -0.350 e. The Morgan fingerprint density at radius 2 is 1.77 bits per heavy atom. The Morgan fingerprint density at radius 3 is 2.35 bits per heavy atom. The molecule has 7 heteroatoms. The smallest absolute Gasteiger partial charge is 0.243 e. The van der Waals surface area contributed by atoms with Gasteiger partial charge in [-0.15, -0.1) is 11.8 Å². The van der Waals surface area contributed by atoms with Crippen LogP contribution in [0.1, 0.15) is 45.2 Å². The average Bonchev–Trinajstić information content (AvgIpc) is 2.68. The van der Waals surface area contributed by atoms with Gasteiger partial charge in [-0.2, -0.15) is 0 Å². The molecule has 2 aromatic carbocycles. The maximum absolute atomic E-state index is 13.2. The molecule has 1 unspecified atom stereocenters. The lowest BCUT2D eigenvalue weighted by atomic mass is 10.1. The van der Waals surface area contributed by atoms with E-state index in [0.717, 1.165) is 11.1 Å². The Balaban J connectivity index is 2.14. The summed E-state index contributed by atoms with van der Waals surface area (Å²) in [6.45, 7) is 8.13. The molecular weight excluding hydrogens is 451 g/mol. The maximum atomic E-state index is 13.2. The first kappa shape index (κ1) is 25.6. The van der Waals surface area contributed by atoms with Crippen molar-refractivity contribution in [2.45, 2.75) is 58.0 Å². The molecule has 168 valence electrons. The zero-order valence-electron chi connectivity index (χ0n) is 18.5. The summed E-state index contributed by atoms with van der Waals surface area (Å²) < 4.78 is 0. The lowest BCUT2D eigenvalue weighted by Gasteiger charge is -2.33. The van der Waals surface area contributed by atoms with Crippen LogP contribution in [-0.2, 0) is 21.9 Å². The minimum atomic E-state index is -0.536. The molecule has 0 aliphatic rings. The molecule has 0 bridgehead atoms. The highest BCUT2D eigenvalue weighted by Crippen LogP contribution is 2.25. The molecule has 0 spiro atoms. The lowest BCUT2D eigenvalue weighted by Crippen LogP contribution is -2.53. The SMILES string of the molecule is CCC(C(=O)NC(C)(C)C)N(Cc1ccccc1)C(=O)CSCc1ccc(Cl)cc1Cl. The molecule has 31 heavy (non-hydrogen) atoms. The van der Waals surface area contributed by atoms with Gasteiger partial charge in [0.2, 0.25) is 11.8 Å². The van der Waals surface area contributed by atoms with E-state index in [1.165, 1.54) is 11.8 Å². The van der Waals surface area contributed by atoms with Crippen LogP contribution in [-0.4, -0.2) is 34.0 Å². The Morgan fingerprint density at radius 1 is 1.10 bits per heavy atom. The molecule has 1 N–H and O–H groups in total. The van der Waals surface area contributed by atoms with E-state index in [-0.39, 0.29) is 23.1 Å². The predicted molar refractivity (Wildman–Crippen MR) is 132 cm³/mol. The van der Waals surface area contributed by atoms with Gasteiger partial charge in [-0.1, -0.05) is 66.5 Å². The second-order valence-corrected chi connectivity index (χ2v) is 10.2. The van der Waals surface area contributed by atoms with E-state index in [9.17, 15) is 9.59 Å². The van der Waals surface area contributed by atoms with Crippen LogP contribution in [0.15, 0.2) is 48.5 Å². The Hall–Kier alpha value is -1.69. The van der Waals surface area contributed by atoms with Gasteiger partial charge in [-0.25, -0.2) is 0 Å². The number of amides is 2. The molecule has 0 aliphatic heterocycles. The van der Waals surface area contributed by atoms with Crippen LogP contribution >= 0.6 is 35.0 Å². The predicted octanol–water partition coefficient (Wildman–Crippen LogP) is 5.95. The van der Waals surface area contributed by atoms with Gasteiger partial charge in [0, 0.05) is 27.9 Å². The summed E-state index contributed by atoms with van der Waals surface area (Å²) in [5.74, 6) is 0.636. The van der Waals surface area contributed by atoms with Crippen molar-refractivity contribution >= 4 is 46.8 Å². The van der Waals surface area contributed by atoms with Crippen molar-refractivity contribution < 1.29 is 9.59 Å². The van der Waals surface area contributed by atoms with Gasteiger partial charge >= 0.3 is 0 Å². The first-order valence-electron chi connectivity index (χ1n) is 10.3. The molecule has 4 nitrogen and oxygen atoms in total. The van der Waals surface area contributed by atoms with Crippen molar-refractivity contribution in [1.82, 2.24) is 10.2 Å². The van der Waals surface area contributed by atoms with Gasteiger partial charge in [-0.3, -0.25) is 9.59 Å². The van der Waals surface area contributed by atoms with Crippen molar-refractivity contribution in [1.29, 1.82) is 0 Å². The molecule has 0 aromatic heterocycles. The quantitative estimate of drug-likeness (QED) is 0.482. The van der Waals surface area contributed by atoms with Crippen molar-refractivity contribution in [3.05, 3.63) is 69.7 Å². The Labute approximate surface area is 199 Å². The van der Waals surface area contributed by atoms with Crippen molar-refractivity contribution in [3.63, 3.8) is 0 Å². The molecule has 0 saturated carbocycles. The van der Waals surface area contributed by atoms with Crippen LogP contribution < -0.4 is 5.32 Å². The molecule has 2 rings (SSSR count). The topological polar surface area (TPSA) is 49.4 Å². The first-order valence-corrected chi connectivity index (χ1v) is 12.2. The van der Waals surface area contributed by atoms with Crippen molar-refractivity contribution in [3.8, 4) is 0 Å². The largest absolute Gasteiger partial charge is 0.350 e. The van der Waals surface area contributed by atoms with Gasteiger partial charge in [0.1, 0.15) is 6.04 Å². The van der Waals surface area contributed by atoms with E-state index in [1.54, 1.807) is 17.0 Å². The summed E-state index contributed by atoms with van der Waals surface area (Å²) in [7, 11) is 0. The molecule has 0 heterocycles. The normalized spacial score (nSPS) is 12.3. The number of carbonyl (C=O) groups excluding carboxylic acids is 2. The van der Waals surface area contributed by atoms with Crippen LogP contribution in [0.25, 0.3) is 0 Å². The van der Waals surface area contributed by atoms with Crippen LogP contribution in [0, 0.1) is 0 Å². The number of hydrogen-bond acceptors (Lipinski definition) is 3. The fourth-order valence-corrected chi connectivity index (χ4v) is 4.59. The summed E-state index contributed by atoms with van der Waals surface area (Å²) in [5, 5.41) is 4.19. The first-order chi connectivity index (χ1) is 14.6. The van der Waals surface area contributed by atoms with Crippen LogP contribution in [0.5, 0.6) is 0 Å². The van der Waals surface area contributed by atoms with E-state index in [0.29, 0.717) is 28.8 Å². The molecule has 1 atom stereocenters. The maximum Gasteiger partial charge on any atom is 0.243 e. The van der Waals surface area contributed by atoms with Crippen LogP contribution in [0.4, 0.5) is 0 Å². The number of hydrogen-bond donors (Lipinski definition) is 1. The monoisotopic (exact) mass is 480 g/mol. The Kier molecular flexibility index (Phi) is 9.73. The average molecular weight is 481 g/mol. The number of carbonyl (C=O) groups is 2. The fourth-order valence-electron chi connectivity index (χ4n) is 3.12. The van der Waals surface area contributed by atoms with Crippen molar-refractivity contribution in [2.24, 2.45) is 0 Å². The number of nitrogens with zero attached hydrogens (tertiary/aromatic N) is 1. The Bertz CT molecular complexity index is 885. The molecule has 2 amide bonds. The molecule has 0 aliphatic carbocycles. The van der Waals surface area contributed by atoms with Gasteiger partial charge < -0.3 is 10.2 Å². The summed E-state index contributed by atoms with van der Waals surface area (Å²) in [6, 6.07) is 14.6. The summed E-state index contributed by atoms with van der Waals surface area (Å²) in [6.07, 6.45) is 0.536. The summed E-state index contributed by atoms with van der Waals surface area (Å²) >= 11 is 13.7. The second kappa shape index (κ2) is 11.8. The molecular formula is C24H30Cl2N2O2S. The number of rotatable bonds is 9. The van der Waals surface area contributed by atoms with Gasteiger partial charge in [0.15, 0.2) is 0 Å². The number of nitrogens with one attached hydrogen (secondary N) is 1. The highest BCUT2D eigenvalue weighted by atomic mass is 35.5. The molecule has 0 fully saturated rings. The number of benzene rings is 2. The van der Waals surface area contributed by atoms with Gasteiger partial charge in [0.05, 0.1) is 5.75 Å². The van der Waals surface area contributed by atoms with E-state index < -0.39 is 6.04 Å². The van der Waals surface area contributed by atoms with Crippen LogP contribution in [0.3, 0.4) is 0 Å². The second-order valence-electron chi connectivity index (χ2n) is 8.40. The van der Waals surface area contributed by atoms with Crippen LogP contribution in [0.2, 0.25) is 10.0 Å². The highest BCUT2D eigenvalue weighted by molar-refractivity contribution is 7.99. The molecule has 0 radical (unpaired) electrons. The number of thioether (sulfide) groups is 1. The zero-order chi connectivity index (χ0) is 23.0. The standard InChI is InChI=1S/C24H30Cl2N2O2S/c1-5-21(23(30)27-24(2,3)4)28(14-17-9-7-6-8-10-17)22(29)16-31-15-18-11-12-19(25)13-20(18)26/h6-13,21H,5,14-16H2,1-4H3,(H,27,30). The van der Waals surface area contributed by atoms with Crippen molar-refractivity contribution in [2.75, 3.05) is 5.75 Å².